The maximum absolute atomic E-state index is 11.9. The number of aromatic amines is 1. The van der Waals surface area contributed by atoms with Crippen molar-refractivity contribution in [1.29, 1.82) is 0 Å². The molecule has 0 saturated carbocycles. The van der Waals surface area contributed by atoms with Crippen molar-refractivity contribution >= 4 is 17.8 Å². The lowest BCUT2D eigenvalue weighted by Gasteiger charge is -2.13. The van der Waals surface area contributed by atoms with Crippen LogP contribution in [-0.2, 0) is 20.8 Å². The van der Waals surface area contributed by atoms with Gasteiger partial charge in [0.15, 0.2) is 0 Å². The van der Waals surface area contributed by atoms with Gasteiger partial charge in [0.05, 0.1) is 6.33 Å². The van der Waals surface area contributed by atoms with Crippen molar-refractivity contribution in [2.24, 2.45) is 0 Å². The van der Waals surface area contributed by atoms with Gasteiger partial charge in [-0.25, -0.2) is 9.78 Å². The fourth-order valence-corrected chi connectivity index (χ4v) is 2.55. The Kier molecular flexibility index (Phi) is 10.8. The SMILES string of the molecule is CCCCCCCCC(=O)NCCC(=O)NC(Cc1cnc[nH]1)C(=O)O. The number of rotatable bonds is 14. The van der Waals surface area contributed by atoms with Crippen LogP contribution in [0.25, 0.3) is 0 Å². The zero-order chi connectivity index (χ0) is 19.2. The summed E-state index contributed by atoms with van der Waals surface area (Å²) in [7, 11) is 0. The first kappa shape index (κ1) is 21.7. The van der Waals surface area contributed by atoms with Crippen molar-refractivity contribution in [1.82, 2.24) is 20.6 Å². The molecule has 0 saturated heterocycles. The van der Waals surface area contributed by atoms with Crippen molar-refractivity contribution in [3.8, 4) is 0 Å². The van der Waals surface area contributed by atoms with Crippen LogP contribution in [0.3, 0.4) is 0 Å². The smallest absolute Gasteiger partial charge is 0.326 e. The molecular formula is C18H30N4O4. The minimum atomic E-state index is -1.11. The number of aromatic nitrogens is 2. The van der Waals surface area contributed by atoms with Gasteiger partial charge < -0.3 is 20.7 Å². The number of unbranched alkanes of at least 4 members (excludes halogenated alkanes) is 5. The van der Waals surface area contributed by atoms with Crippen molar-refractivity contribution < 1.29 is 19.5 Å². The third-order valence-corrected chi connectivity index (χ3v) is 4.04. The van der Waals surface area contributed by atoms with E-state index in [0.717, 1.165) is 19.3 Å². The molecule has 0 aliphatic rings. The number of carboxylic acids is 1. The summed E-state index contributed by atoms with van der Waals surface area (Å²) in [6, 6.07) is -1.03. The number of imidazole rings is 1. The summed E-state index contributed by atoms with van der Waals surface area (Å²) in [5.74, 6) is -1.59. The number of hydrogen-bond acceptors (Lipinski definition) is 4. The highest BCUT2D eigenvalue weighted by molar-refractivity contribution is 5.84. The number of H-pyrrole nitrogens is 1. The number of carboxylic acid groups (broad SMARTS) is 1. The van der Waals surface area contributed by atoms with Crippen LogP contribution in [0.15, 0.2) is 12.5 Å². The van der Waals surface area contributed by atoms with Gasteiger partial charge in [-0.1, -0.05) is 39.0 Å². The normalized spacial score (nSPS) is 11.7. The topological polar surface area (TPSA) is 124 Å². The van der Waals surface area contributed by atoms with Crippen molar-refractivity contribution in [3.63, 3.8) is 0 Å². The molecule has 1 rings (SSSR count). The quantitative estimate of drug-likeness (QED) is 0.374. The number of hydrogen-bond donors (Lipinski definition) is 4. The van der Waals surface area contributed by atoms with E-state index in [1.165, 1.54) is 31.8 Å². The van der Waals surface area contributed by atoms with Crippen LogP contribution in [0.2, 0.25) is 0 Å². The second-order valence-corrected chi connectivity index (χ2v) is 6.36. The molecule has 0 aliphatic carbocycles. The maximum Gasteiger partial charge on any atom is 0.326 e. The summed E-state index contributed by atoms with van der Waals surface area (Å²) in [6.45, 7) is 2.37. The third kappa shape index (κ3) is 9.80. The van der Waals surface area contributed by atoms with E-state index in [-0.39, 0.29) is 25.3 Å². The number of amides is 2. The predicted octanol–water partition coefficient (Wildman–Crippen LogP) is 1.78. The molecular weight excluding hydrogens is 336 g/mol. The number of nitrogens with zero attached hydrogens (tertiary/aromatic N) is 1. The molecule has 0 spiro atoms. The second kappa shape index (κ2) is 12.9. The molecule has 4 N–H and O–H groups in total. The zero-order valence-electron chi connectivity index (χ0n) is 15.4. The van der Waals surface area contributed by atoms with Gasteiger partial charge in [-0.2, -0.15) is 0 Å². The Morgan fingerprint density at radius 1 is 1.12 bits per heavy atom. The molecule has 1 aromatic heterocycles. The number of aliphatic carboxylic acids is 1. The van der Waals surface area contributed by atoms with E-state index in [1.807, 2.05) is 0 Å². The largest absolute Gasteiger partial charge is 0.480 e. The number of nitrogens with one attached hydrogen (secondary N) is 3. The van der Waals surface area contributed by atoms with Gasteiger partial charge in [0.25, 0.3) is 0 Å². The Hall–Kier alpha value is -2.38. The first-order chi connectivity index (χ1) is 12.5. The third-order valence-electron chi connectivity index (χ3n) is 4.04. The van der Waals surface area contributed by atoms with E-state index in [9.17, 15) is 19.5 Å². The fraction of sp³-hybridized carbons (Fsp3) is 0.667. The Bertz CT molecular complexity index is 545. The Morgan fingerprint density at radius 3 is 2.50 bits per heavy atom. The minimum absolute atomic E-state index is 0.0506. The van der Waals surface area contributed by atoms with Crippen LogP contribution in [0.5, 0.6) is 0 Å². The lowest BCUT2D eigenvalue weighted by Crippen LogP contribution is -2.43. The highest BCUT2D eigenvalue weighted by Gasteiger charge is 2.20. The molecule has 1 unspecified atom stereocenters. The number of carbonyl (C=O) groups is 3. The summed E-state index contributed by atoms with van der Waals surface area (Å²) < 4.78 is 0. The highest BCUT2D eigenvalue weighted by Crippen LogP contribution is 2.06. The maximum atomic E-state index is 11.9. The molecule has 0 radical (unpaired) electrons. The molecule has 2 amide bonds. The summed E-state index contributed by atoms with van der Waals surface area (Å²) >= 11 is 0. The van der Waals surface area contributed by atoms with Crippen molar-refractivity contribution in [2.75, 3.05) is 6.54 Å². The van der Waals surface area contributed by atoms with Crippen LogP contribution >= 0.6 is 0 Å². The van der Waals surface area contributed by atoms with Gasteiger partial charge in [0.2, 0.25) is 11.8 Å². The summed E-state index contributed by atoms with van der Waals surface area (Å²) in [5.41, 5.74) is 0.630. The zero-order valence-corrected chi connectivity index (χ0v) is 15.4. The van der Waals surface area contributed by atoms with Gasteiger partial charge in [0, 0.05) is 37.7 Å². The van der Waals surface area contributed by atoms with Gasteiger partial charge in [-0.15, -0.1) is 0 Å². The van der Waals surface area contributed by atoms with Gasteiger partial charge in [0.1, 0.15) is 6.04 Å². The van der Waals surface area contributed by atoms with Gasteiger partial charge >= 0.3 is 5.97 Å². The lowest BCUT2D eigenvalue weighted by molar-refractivity contribution is -0.141. The standard InChI is InChI=1S/C18H30N4O4/c1-2-3-4-5-6-7-8-16(23)20-10-9-17(24)22-15(18(25)26)11-14-12-19-13-21-14/h12-13,15H,2-11H2,1H3,(H,19,21)(H,20,23)(H,22,24)(H,25,26). The van der Waals surface area contributed by atoms with Gasteiger partial charge in [-0.05, 0) is 6.42 Å². The second-order valence-electron chi connectivity index (χ2n) is 6.36. The fourth-order valence-electron chi connectivity index (χ4n) is 2.55. The Morgan fingerprint density at radius 2 is 1.85 bits per heavy atom. The summed E-state index contributed by atoms with van der Waals surface area (Å²) in [6.07, 6.45) is 10.3. The highest BCUT2D eigenvalue weighted by atomic mass is 16.4. The van der Waals surface area contributed by atoms with Crippen LogP contribution in [0.1, 0.15) is 64.0 Å². The molecule has 8 heteroatoms. The molecule has 0 aromatic carbocycles. The summed E-state index contributed by atoms with van der Waals surface area (Å²) in [4.78, 5) is 41.4. The Balaban J connectivity index is 2.16. The lowest BCUT2D eigenvalue weighted by atomic mass is 10.1. The minimum Gasteiger partial charge on any atom is -0.480 e. The summed E-state index contributed by atoms with van der Waals surface area (Å²) in [5, 5.41) is 14.4. The van der Waals surface area contributed by atoms with E-state index in [2.05, 4.69) is 27.5 Å². The van der Waals surface area contributed by atoms with E-state index in [0.29, 0.717) is 12.1 Å². The van der Waals surface area contributed by atoms with Crippen molar-refractivity contribution in [2.45, 2.75) is 70.8 Å². The van der Waals surface area contributed by atoms with E-state index >= 15 is 0 Å². The first-order valence-corrected chi connectivity index (χ1v) is 9.29. The van der Waals surface area contributed by atoms with E-state index in [1.54, 1.807) is 0 Å². The molecule has 1 aromatic rings. The number of carbonyl (C=O) groups excluding carboxylic acids is 2. The molecule has 1 heterocycles. The molecule has 0 aliphatic heterocycles. The molecule has 8 nitrogen and oxygen atoms in total. The monoisotopic (exact) mass is 366 g/mol. The molecule has 146 valence electrons. The molecule has 0 bridgehead atoms. The Labute approximate surface area is 154 Å². The van der Waals surface area contributed by atoms with Crippen LogP contribution in [-0.4, -0.2) is 45.4 Å². The molecule has 26 heavy (non-hydrogen) atoms. The van der Waals surface area contributed by atoms with Gasteiger partial charge in [-0.3, -0.25) is 9.59 Å². The van der Waals surface area contributed by atoms with Crippen LogP contribution in [0.4, 0.5) is 0 Å². The average molecular weight is 366 g/mol. The first-order valence-electron chi connectivity index (χ1n) is 9.29. The average Bonchev–Trinajstić information content (AvgIpc) is 3.10. The van der Waals surface area contributed by atoms with E-state index < -0.39 is 17.9 Å². The molecule has 1 atom stereocenters. The van der Waals surface area contributed by atoms with Crippen LogP contribution in [0, 0.1) is 0 Å². The molecule has 0 fully saturated rings. The predicted molar refractivity (Wildman–Crippen MR) is 97.5 cm³/mol. The van der Waals surface area contributed by atoms with Crippen LogP contribution < -0.4 is 10.6 Å². The van der Waals surface area contributed by atoms with E-state index in [4.69, 9.17) is 0 Å². The van der Waals surface area contributed by atoms with Crippen molar-refractivity contribution in [3.05, 3.63) is 18.2 Å².